The molecule has 0 aliphatic carbocycles. The Hall–Kier alpha value is -1.02. The first-order chi connectivity index (χ1) is 8.11. The van der Waals surface area contributed by atoms with Gasteiger partial charge in [0.2, 0.25) is 0 Å². The van der Waals surface area contributed by atoms with Crippen LogP contribution in [0, 0.1) is 0 Å². The van der Waals surface area contributed by atoms with Gasteiger partial charge in [-0.25, -0.2) is 0 Å². The molecular weight excluding hydrogens is 210 g/mol. The Morgan fingerprint density at radius 1 is 1.24 bits per heavy atom. The molecule has 0 bridgehead atoms. The Labute approximate surface area is 105 Å². The van der Waals surface area contributed by atoms with Crippen molar-refractivity contribution in [3.63, 3.8) is 0 Å². The Kier molecular flexibility index (Phi) is 6.06. The fraction of sp³-hybridized carbons (Fsp3) is 0.600. The molecule has 2 heteroatoms. The van der Waals surface area contributed by atoms with Crippen molar-refractivity contribution in [3.05, 3.63) is 29.8 Å². The number of hydrogen-bond donors (Lipinski definition) is 1. The van der Waals surface area contributed by atoms with Gasteiger partial charge in [0, 0.05) is 12.6 Å². The van der Waals surface area contributed by atoms with Crippen LogP contribution in [-0.4, -0.2) is 12.1 Å². The van der Waals surface area contributed by atoms with Crippen molar-refractivity contribution < 1.29 is 4.74 Å². The molecule has 0 aromatic heterocycles. The van der Waals surface area contributed by atoms with Crippen molar-refractivity contribution in [1.82, 2.24) is 5.32 Å². The van der Waals surface area contributed by atoms with E-state index < -0.39 is 0 Å². The molecule has 2 nitrogen and oxygen atoms in total. The highest BCUT2D eigenvalue weighted by molar-refractivity contribution is 5.28. The Bertz CT molecular complexity index is 322. The summed E-state index contributed by atoms with van der Waals surface area (Å²) in [4.78, 5) is 0. The van der Waals surface area contributed by atoms with E-state index in [-0.39, 0.29) is 6.10 Å². The van der Waals surface area contributed by atoms with Crippen LogP contribution in [-0.2, 0) is 6.54 Å². The maximum absolute atomic E-state index is 5.68. The van der Waals surface area contributed by atoms with Crippen LogP contribution in [0.5, 0.6) is 5.75 Å². The largest absolute Gasteiger partial charge is 0.491 e. The maximum Gasteiger partial charge on any atom is 0.120 e. The highest BCUT2D eigenvalue weighted by Crippen LogP contribution is 2.15. The SMILES string of the molecule is CCCC(C)NCc1cccc(OC(C)C)c1. The van der Waals surface area contributed by atoms with Gasteiger partial charge in [0.25, 0.3) is 0 Å². The van der Waals surface area contributed by atoms with Crippen LogP contribution in [0.4, 0.5) is 0 Å². The minimum absolute atomic E-state index is 0.234. The van der Waals surface area contributed by atoms with Gasteiger partial charge in [0.05, 0.1) is 6.10 Å². The summed E-state index contributed by atoms with van der Waals surface area (Å²) in [6.07, 6.45) is 2.68. The summed E-state index contributed by atoms with van der Waals surface area (Å²) in [6.45, 7) is 9.46. The second kappa shape index (κ2) is 7.33. The molecule has 1 unspecified atom stereocenters. The fourth-order valence-corrected chi connectivity index (χ4v) is 1.83. The fourth-order valence-electron chi connectivity index (χ4n) is 1.83. The monoisotopic (exact) mass is 235 g/mol. The summed E-state index contributed by atoms with van der Waals surface area (Å²) in [5, 5.41) is 3.52. The minimum Gasteiger partial charge on any atom is -0.491 e. The van der Waals surface area contributed by atoms with Crippen LogP contribution in [0.3, 0.4) is 0 Å². The van der Waals surface area contributed by atoms with Gasteiger partial charge in [-0.2, -0.15) is 0 Å². The molecule has 1 N–H and O–H groups in total. The molecule has 0 fully saturated rings. The number of rotatable bonds is 7. The average Bonchev–Trinajstić information content (AvgIpc) is 2.26. The van der Waals surface area contributed by atoms with Crippen molar-refractivity contribution in [2.45, 2.75) is 59.2 Å². The molecule has 0 aliphatic heterocycles. The summed E-state index contributed by atoms with van der Waals surface area (Å²) < 4.78 is 5.68. The highest BCUT2D eigenvalue weighted by atomic mass is 16.5. The Morgan fingerprint density at radius 2 is 2.00 bits per heavy atom. The normalized spacial score (nSPS) is 12.8. The van der Waals surface area contributed by atoms with E-state index in [1.807, 2.05) is 19.9 Å². The zero-order valence-corrected chi connectivity index (χ0v) is 11.5. The van der Waals surface area contributed by atoms with Gasteiger partial charge in [0.1, 0.15) is 5.75 Å². The molecule has 1 rings (SSSR count). The molecule has 1 atom stereocenters. The third-order valence-corrected chi connectivity index (χ3v) is 2.65. The first-order valence-electron chi connectivity index (χ1n) is 6.60. The number of nitrogens with one attached hydrogen (secondary N) is 1. The summed E-state index contributed by atoms with van der Waals surface area (Å²) >= 11 is 0. The van der Waals surface area contributed by atoms with E-state index in [9.17, 15) is 0 Å². The Morgan fingerprint density at radius 3 is 2.65 bits per heavy atom. The zero-order valence-electron chi connectivity index (χ0n) is 11.5. The molecule has 0 spiro atoms. The van der Waals surface area contributed by atoms with Gasteiger partial charge < -0.3 is 10.1 Å². The van der Waals surface area contributed by atoms with E-state index in [0.717, 1.165) is 12.3 Å². The van der Waals surface area contributed by atoms with E-state index in [1.54, 1.807) is 0 Å². The quantitative estimate of drug-likeness (QED) is 0.777. The third kappa shape index (κ3) is 5.73. The molecular formula is C15H25NO. The summed E-state index contributed by atoms with van der Waals surface area (Å²) in [5.74, 6) is 0.961. The topological polar surface area (TPSA) is 21.3 Å². The number of benzene rings is 1. The van der Waals surface area contributed by atoms with E-state index in [2.05, 4.69) is 37.4 Å². The molecule has 0 aliphatic rings. The summed E-state index contributed by atoms with van der Waals surface area (Å²) in [6, 6.07) is 8.90. The first-order valence-corrected chi connectivity index (χ1v) is 6.60. The summed E-state index contributed by atoms with van der Waals surface area (Å²) in [5.41, 5.74) is 1.28. The molecule has 0 saturated carbocycles. The lowest BCUT2D eigenvalue weighted by atomic mass is 10.1. The minimum atomic E-state index is 0.234. The molecule has 17 heavy (non-hydrogen) atoms. The lowest BCUT2D eigenvalue weighted by molar-refractivity contribution is 0.242. The van der Waals surface area contributed by atoms with Crippen LogP contribution in [0.15, 0.2) is 24.3 Å². The van der Waals surface area contributed by atoms with Crippen LogP contribution in [0.2, 0.25) is 0 Å². The second-order valence-electron chi connectivity index (χ2n) is 4.88. The van der Waals surface area contributed by atoms with Crippen LogP contribution in [0.1, 0.15) is 46.1 Å². The first kappa shape index (κ1) is 14.0. The predicted octanol–water partition coefficient (Wildman–Crippen LogP) is 3.75. The van der Waals surface area contributed by atoms with Crippen molar-refractivity contribution >= 4 is 0 Å². The van der Waals surface area contributed by atoms with Gasteiger partial charge in [-0.05, 0) is 44.9 Å². The number of ether oxygens (including phenoxy) is 1. The van der Waals surface area contributed by atoms with Crippen molar-refractivity contribution in [2.75, 3.05) is 0 Å². The molecule has 0 saturated heterocycles. The van der Waals surface area contributed by atoms with Gasteiger partial charge in [-0.3, -0.25) is 0 Å². The summed E-state index contributed by atoms with van der Waals surface area (Å²) in [7, 11) is 0. The van der Waals surface area contributed by atoms with Crippen molar-refractivity contribution in [3.8, 4) is 5.75 Å². The molecule has 0 heterocycles. The van der Waals surface area contributed by atoms with E-state index in [1.165, 1.54) is 18.4 Å². The average molecular weight is 235 g/mol. The molecule has 1 aromatic rings. The lowest BCUT2D eigenvalue weighted by Crippen LogP contribution is -2.25. The smallest absolute Gasteiger partial charge is 0.120 e. The highest BCUT2D eigenvalue weighted by Gasteiger charge is 2.02. The van der Waals surface area contributed by atoms with Crippen molar-refractivity contribution in [2.24, 2.45) is 0 Å². The maximum atomic E-state index is 5.68. The van der Waals surface area contributed by atoms with Crippen LogP contribution >= 0.6 is 0 Å². The van der Waals surface area contributed by atoms with Crippen LogP contribution in [0.25, 0.3) is 0 Å². The van der Waals surface area contributed by atoms with Gasteiger partial charge in [-0.1, -0.05) is 25.5 Å². The second-order valence-corrected chi connectivity index (χ2v) is 4.88. The lowest BCUT2D eigenvalue weighted by Gasteiger charge is -2.14. The zero-order chi connectivity index (χ0) is 12.7. The Balaban J connectivity index is 2.48. The third-order valence-electron chi connectivity index (χ3n) is 2.65. The van der Waals surface area contributed by atoms with E-state index in [4.69, 9.17) is 4.74 Å². The van der Waals surface area contributed by atoms with Gasteiger partial charge in [-0.15, -0.1) is 0 Å². The number of hydrogen-bond acceptors (Lipinski definition) is 2. The van der Waals surface area contributed by atoms with E-state index >= 15 is 0 Å². The van der Waals surface area contributed by atoms with Crippen molar-refractivity contribution in [1.29, 1.82) is 0 Å². The standard InChI is InChI=1S/C15H25NO/c1-5-7-13(4)16-11-14-8-6-9-15(10-14)17-12(2)3/h6,8-10,12-13,16H,5,7,11H2,1-4H3. The molecule has 1 aromatic carbocycles. The predicted molar refractivity (Wildman–Crippen MR) is 73.4 cm³/mol. The molecule has 0 radical (unpaired) electrons. The van der Waals surface area contributed by atoms with Gasteiger partial charge in [0.15, 0.2) is 0 Å². The van der Waals surface area contributed by atoms with Gasteiger partial charge >= 0.3 is 0 Å². The molecule has 96 valence electrons. The van der Waals surface area contributed by atoms with E-state index in [0.29, 0.717) is 6.04 Å². The molecule has 0 amide bonds. The van der Waals surface area contributed by atoms with Crippen LogP contribution < -0.4 is 10.1 Å².